The van der Waals surface area contributed by atoms with Crippen LogP contribution < -0.4 is 15.8 Å². The maximum absolute atomic E-state index is 13.2. The summed E-state index contributed by atoms with van der Waals surface area (Å²) in [6.45, 7) is 3.43. The molecule has 0 bridgehead atoms. The van der Waals surface area contributed by atoms with Gasteiger partial charge in [-0.2, -0.15) is 0 Å². The third-order valence-corrected chi connectivity index (χ3v) is 4.29. The van der Waals surface area contributed by atoms with E-state index in [9.17, 15) is 12.8 Å². The Morgan fingerprint density at radius 1 is 1.12 bits per heavy atom. The molecule has 0 atom stereocenters. The van der Waals surface area contributed by atoms with E-state index in [1.807, 2.05) is 13.0 Å². The predicted molar refractivity (Wildman–Crippen MR) is 111 cm³/mol. The molecule has 2 aromatic rings. The van der Waals surface area contributed by atoms with E-state index in [0.29, 0.717) is 25.6 Å². The number of hydrogen-bond donors (Lipinski definition) is 3. The van der Waals surface area contributed by atoms with Crippen molar-refractivity contribution in [3.8, 4) is 0 Å². The number of nitrogens with two attached hydrogens (primary N) is 1. The summed E-state index contributed by atoms with van der Waals surface area (Å²) in [6.07, 6.45) is 0. The van der Waals surface area contributed by atoms with E-state index in [1.54, 1.807) is 18.2 Å². The highest BCUT2D eigenvalue weighted by atomic mass is 127. The summed E-state index contributed by atoms with van der Waals surface area (Å²) >= 11 is 0. The van der Waals surface area contributed by atoms with Crippen molar-refractivity contribution in [2.24, 2.45) is 10.1 Å². The minimum atomic E-state index is -3.69. The van der Waals surface area contributed by atoms with E-state index in [1.165, 1.54) is 24.3 Å². The Morgan fingerprint density at radius 2 is 1.81 bits per heavy atom. The molecule has 0 aromatic heterocycles. The molecule has 0 spiro atoms. The lowest BCUT2D eigenvalue weighted by molar-refractivity contribution is 0.597. The van der Waals surface area contributed by atoms with Gasteiger partial charge in [-0.3, -0.25) is 0 Å². The smallest absolute Gasteiger partial charge is 0.238 e. The van der Waals surface area contributed by atoms with Crippen molar-refractivity contribution in [3.05, 3.63) is 65.5 Å². The molecular formula is C17H22FIN4O2S. The van der Waals surface area contributed by atoms with Crippen LogP contribution >= 0.6 is 24.0 Å². The SMILES string of the molecule is CCNC(=NCc1cccc(F)c1)NCc1ccc(S(N)(=O)=O)cc1.I. The highest BCUT2D eigenvalue weighted by molar-refractivity contribution is 14.0. The number of aliphatic imine (C=N–C) groups is 1. The molecule has 26 heavy (non-hydrogen) atoms. The summed E-state index contributed by atoms with van der Waals surface area (Å²) in [7, 11) is -3.69. The average molecular weight is 492 g/mol. The molecule has 0 aliphatic heterocycles. The Labute approximate surface area is 170 Å². The van der Waals surface area contributed by atoms with E-state index in [4.69, 9.17) is 5.14 Å². The molecule has 6 nitrogen and oxygen atoms in total. The Morgan fingerprint density at radius 3 is 2.38 bits per heavy atom. The molecule has 0 aliphatic carbocycles. The third-order valence-electron chi connectivity index (χ3n) is 3.36. The second-order valence-corrected chi connectivity index (χ2v) is 6.93. The zero-order valence-corrected chi connectivity index (χ0v) is 17.4. The first kappa shape index (κ1) is 22.3. The Balaban J connectivity index is 0.00000338. The summed E-state index contributed by atoms with van der Waals surface area (Å²) in [5.41, 5.74) is 1.65. The quantitative estimate of drug-likeness (QED) is 0.328. The van der Waals surface area contributed by atoms with Gasteiger partial charge < -0.3 is 10.6 Å². The number of primary sulfonamides is 1. The second kappa shape index (κ2) is 10.4. The molecule has 0 radical (unpaired) electrons. The lowest BCUT2D eigenvalue weighted by Crippen LogP contribution is -2.36. The van der Waals surface area contributed by atoms with E-state index in [-0.39, 0.29) is 34.7 Å². The van der Waals surface area contributed by atoms with Crippen molar-refractivity contribution in [3.63, 3.8) is 0 Å². The van der Waals surface area contributed by atoms with E-state index >= 15 is 0 Å². The Hall–Kier alpha value is -1.72. The first-order valence-corrected chi connectivity index (χ1v) is 9.31. The van der Waals surface area contributed by atoms with Crippen molar-refractivity contribution in [1.29, 1.82) is 0 Å². The van der Waals surface area contributed by atoms with Crippen LogP contribution in [0.15, 0.2) is 58.4 Å². The van der Waals surface area contributed by atoms with Crippen molar-refractivity contribution < 1.29 is 12.8 Å². The largest absolute Gasteiger partial charge is 0.357 e. The van der Waals surface area contributed by atoms with Crippen LogP contribution in [0.2, 0.25) is 0 Å². The first-order chi connectivity index (χ1) is 11.9. The first-order valence-electron chi connectivity index (χ1n) is 7.77. The molecule has 0 saturated carbocycles. The van der Waals surface area contributed by atoms with Gasteiger partial charge in [0, 0.05) is 13.1 Å². The molecule has 2 rings (SSSR count). The van der Waals surface area contributed by atoms with Crippen LogP contribution in [0.1, 0.15) is 18.1 Å². The maximum Gasteiger partial charge on any atom is 0.238 e. The number of halogens is 2. The number of guanidine groups is 1. The van der Waals surface area contributed by atoms with Crippen molar-refractivity contribution in [2.75, 3.05) is 6.54 Å². The van der Waals surface area contributed by atoms with Crippen molar-refractivity contribution in [2.45, 2.75) is 24.9 Å². The maximum atomic E-state index is 13.2. The fourth-order valence-corrected chi connectivity index (χ4v) is 2.65. The Kier molecular flexibility index (Phi) is 8.96. The van der Waals surface area contributed by atoms with E-state index in [2.05, 4.69) is 15.6 Å². The van der Waals surface area contributed by atoms with Gasteiger partial charge in [0.25, 0.3) is 0 Å². The fourth-order valence-electron chi connectivity index (χ4n) is 2.13. The lowest BCUT2D eigenvalue weighted by Gasteiger charge is -2.11. The van der Waals surface area contributed by atoms with Crippen molar-refractivity contribution >= 4 is 40.0 Å². The van der Waals surface area contributed by atoms with Crippen LogP contribution in [-0.4, -0.2) is 20.9 Å². The number of hydrogen-bond acceptors (Lipinski definition) is 3. The van der Waals surface area contributed by atoms with Gasteiger partial charge in [-0.15, -0.1) is 24.0 Å². The zero-order valence-electron chi connectivity index (χ0n) is 14.3. The molecule has 0 amide bonds. The van der Waals surface area contributed by atoms with Gasteiger partial charge in [0.2, 0.25) is 10.0 Å². The number of benzene rings is 2. The van der Waals surface area contributed by atoms with Crippen LogP contribution in [0, 0.1) is 5.82 Å². The van der Waals surface area contributed by atoms with E-state index < -0.39 is 10.0 Å². The zero-order chi connectivity index (χ0) is 18.3. The molecule has 0 heterocycles. The molecular weight excluding hydrogens is 470 g/mol. The lowest BCUT2D eigenvalue weighted by atomic mass is 10.2. The number of nitrogens with zero attached hydrogens (tertiary/aromatic N) is 1. The third kappa shape index (κ3) is 7.26. The van der Waals surface area contributed by atoms with Gasteiger partial charge in [-0.1, -0.05) is 24.3 Å². The standard InChI is InChI=1S/C17H21FN4O2S.HI/c1-2-20-17(22-12-14-4-3-5-15(18)10-14)21-11-13-6-8-16(9-7-13)25(19,23)24;/h3-10H,2,11-12H2,1H3,(H2,19,23,24)(H2,20,21,22);1H. The van der Waals surface area contributed by atoms with Crippen LogP contribution in [-0.2, 0) is 23.1 Å². The highest BCUT2D eigenvalue weighted by Crippen LogP contribution is 2.08. The topological polar surface area (TPSA) is 96.6 Å². The van der Waals surface area contributed by atoms with Gasteiger partial charge in [0.15, 0.2) is 5.96 Å². The normalized spacial score (nSPS) is 11.6. The number of rotatable bonds is 6. The molecule has 0 aliphatic rings. The second-order valence-electron chi connectivity index (χ2n) is 5.37. The van der Waals surface area contributed by atoms with Crippen LogP contribution in [0.4, 0.5) is 4.39 Å². The van der Waals surface area contributed by atoms with Gasteiger partial charge in [0.1, 0.15) is 5.82 Å². The molecule has 0 unspecified atom stereocenters. The monoisotopic (exact) mass is 492 g/mol. The summed E-state index contributed by atoms with van der Waals surface area (Å²) in [5, 5.41) is 11.3. The van der Waals surface area contributed by atoms with E-state index in [0.717, 1.165) is 11.1 Å². The van der Waals surface area contributed by atoms with Crippen LogP contribution in [0.25, 0.3) is 0 Å². The van der Waals surface area contributed by atoms with Crippen LogP contribution in [0.5, 0.6) is 0 Å². The Bertz CT molecular complexity index is 842. The molecule has 142 valence electrons. The number of sulfonamides is 1. The summed E-state index contributed by atoms with van der Waals surface area (Å²) in [5.74, 6) is 0.294. The molecule has 4 N–H and O–H groups in total. The fraction of sp³-hybridized carbons (Fsp3) is 0.235. The summed E-state index contributed by atoms with van der Waals surface area (Å²) in [4.78, 5) is 4.48. The van der Waals surface area contributed by atoms with Crippen LogP contribution in [0.3, 0.4) is 0 Å². The van der Waals surface area contributed by atoms with Gasteiger partial charge >= 0.3 is 0 Å². The number of nitrogens with one attached hydrogen (secondary N) is 2. The highest BCUT2D eigenvalue weighted by Gasteiger charge is 2.07. The molecule has 0 fully saturated rings. The van der Waals surface area contributed by atoms with Gasteiger partial charge in [-0.25, -0.2) is 22.9 Å². The predicted octanol–water partition coefficient (Wildman–Crippen LogP) is 2.35. The van der Waals surface area contributed by atoms with Crippen molar-refractivity contribution in [1.82, 2.24) is 10.6 Å². The van der Waals surface area contributed by atoms with Gasteiger partial charge in [-0.05, 0) is 42.3 Å². The minimum Gasteiger partial charge on any atom is -0.357 e. The van der Waals surface area contributed by atoms with Gasteiger partial charge in [0.05, 0.1) is 11.4 Å². The average Bonchev–Trinajstić information content (AvgIpc) is 2.57. The molecule has 2 aromatic carbocycles. The molecule has 0 saturated heterocycles. The minimum absolute atomic E-state index is 0. The summed E-state index contributed by atoms with van der Waals surface area (Å²) < 4.78 is 35.7. The molecule has 9 heteroatoms. The summed E-state index contributed by atoms with van der Waals surface area (Å²) in [6, 6.07) is 12.6.